The van der Waals surface area contributed by atoms with Crippen LogP contribution in [0.5, 0.6) is 0 Å². The van der Waals surface area contributed by atoms with Crippen LogP contribution < -0.4 is 16.0 Å². The van der Waals surface area contributed by atoms with Crippen LogP contribution in [0, 0.1) is 107 Å². The van der Waals surface area contributed by atoms with Crippen molar-refractivity contribution in [3.8, 4) is 0 Å². The van der Waals surface area contributed by atoms with Crippen LogP contribution in [-0.4, -0.2) is 285 Å². The molecule has 5 amide bonds. The van der Waals surface area contributed by atoms with Crippen molar-refractivity contribution in [1.82, 2.24) is 94.5 Å². The van der Waals surface area contributed by atoms with E-state index in [9.17, 15) is 24.0 Å². The van der Waals surface area contributed by atoms with Crippen LogP contribution in [0.2, 0.25) is 0 Å². The summed E-state index contributed by atoms with van der Waals surface area (Å²) in [5, 5.41) is 23.8. The molecule has 5 aliphatic heterocycles. The minimum atomic E-state index is 0.0900. The normalized spacial score (nSPS) is 36.9. The Balaban J connectivity index is 0.000000103. The predicted octanol–water partition coefficient (Wildman–Crippen LogP) is 15.0. The van der Waals surface area contributed by atoms with Gasteiger partial charge in [-0.15, -0.1) is 0 Å². The van der Waals surface area contributed by atoms with Gasteiger partial charge in [0, 0.05) is 198 Å². The largest absolute Gasteiger partial charge is 0.379 e. The number of carbonyl (C=O) groups excluding carboxylic acids is 5. The summed E-state index contributed by atoms with van der Waals surface area (Å²) >= 11 is 0. The third-order valence-corrected chi connectivity index (χ3v) is 41.4. The average molecular weight is 1990 g/mol. The fourth-order valence-electron chi connectivity index (χ4n) is 37.9. The molecule has 2 aromatic carbocycles. The average Bonchev–Trinajstić information content (AvgIpc) is 1.64. The van der Waals surface area contributed by atoms with Gasteiger partial charge in [0.15, 0.2) is 0 Å². The molecule has 0 spiro atoms. The number of piperazine rings is 2. The van der Waals surface area contributed by atoms with Crippen molar-refractivity contribution in [2.45, 2.75) is 305 Å². The van der Waals surface area contributed by atoms with Gasteiger partial charge in [0.25, 0.3) is 0 Å². The van der Waals surface area contributed by atoms with E-state index < -0.39 is 0 Å². The van der Waals surface area contributed by atoms with Gasteiger partial charge >= 0.3 is 0 Å². The molecule has 20 aliphatic carbocycles. The van der Waals surface area contributed by atoms with Gasteiger partial charge in [-0.2, -0.15) is 15.3 Å². The Hall–Kier alpha value is -7.89. The summed E-state index contributed by atoms with van der Waals surface area (Å²) < 4.78 is 22.7. The second kappa shape index (κ2) is 42.0. The molecule has 4 aromatic heterocycles. The molecule has 788 valence electrons. The summed E-state index contributed by atoms with van der Waals surface area (Å²) in [5.74, 6) is 10.3. The number of nitrogens with one attached hydrogen (secondary N) is 3. The number of likely N-dealkylation sites (N-methyl/N-ethyl adjacent to an activating group) is 1. The van der Waals surface area contributed by atoms with Crippen LogP contribution >= 0.6 is 0 Å². The minimum Gasteiger partial charge on any atom is -0.379 e. The quantitative estimate of drug-likeness (QED) is 0.0455. The van der Waals surface area contributed by atoms with E-state index in [2.05, 4.69) is 193 Å². The SMILES string of the molecule is CN1CCN(C(=O)CC23CC4CC(C2)CC(c2ccccc2)(C4)C3)CC1.Cc1ncn(C23CC4CC(CC(CC(=O)NCC(C)N5CCOCC5)(C4)C2)C3)n1.Cc1nn(C)c(C)c1C12CC3CC(CC(CC(=O)NCC(C)N4CCOCC4)(C3)C1)C2.O=C(CC12CC3CC(C1)CC(c1ccccc1)(C3)C2)NCCN1CCOCC1.O=C(CC12CC3CC(C1)CC(n1cncn1)(C3)C2)N1CCN(Cc2ccccn2)CC1. The Bertz CT molecular complexity index is 5350. The van der Waals surface area contributed by atoms with Gasteiger partial charge in [-0.05, 0) is 355 Å². The highest BCUT2D eigenvalue weighted by Crippen LogP contribution is 2.72. The zero-order chi connectivity index (χ0) is 99.6. The van der Waals surface area contributed by atoms with E-state index in [0.29, 0.717) is 47.6 Å². The van der Waals surface area contributed by atoms with Crippen LogP contribution in [0.15, 0.2) is 104 Å². The van der Waals surface area contributed by atoms with E-state index in [4.69, 9.17) is 24.4 Å². The molecule has 25 fully saturated rings. The summed E-state index contributed by atoms with van der Waals surface area (Å²) in [6.45, 7) is 33.0. The second-order valence-corrected chi connectivity index (χ2v) is 52.5. The summed E-state index contributed by atoms with van der Waals surface area (Å²) in [5.41, 5.74) is 10.4. The van der Waals surface area contributed by atoms with Gasteiger partial charge in [0.1, 0.15) is 24.8 Å². The van der Waals surface area contributed by atoms with Crippen molar-refractivity contribution >= 4 is 29.5 Å². The summed E-state index contributed by atoms with van der Waals surface area (Å²) in [6, 6.07) is 29.2. The first-order chi connectivity index (χ1) is 70.1. The van der Waals surface area contributed by atoms with E-state index in [-0.39, 0.29) is 61.3 Å². The highest BCUT2D eigenvalue weighted by Gasteiger charge is 2.65. The van der Waals surface area contributed by atoms with Crippen LogP contribution in [-0.2, 0) is 79.1 Å². The highest BCUT2D eigenvalue weighted by atomic mass is 16.5. The number of nitrogens with zero attached hydrogens (tertiary/aromatic N) is 16. The van der Waals surface area contributed by atoms with Crippen LogP contribution in [0.4, 0.5) is 0 Å². The molecule has 20 saturated carbocycles. The van der Waals surface area contributed by atoms with Gasteiger partial charge in [-0.3, -0.25) is 53.2 Å². The first-order valence-electron chi connectivity index (χ1n) is 57.5. The Morgan fingerprint density at radius 3 is 1.22 bits per heavy atom. The predicted molar refractivity (Wildman–Crippen MR) is 560 cm³/mol. The molecule has 31 rings (SSSR count). The number of aromatic nitrogens is 9. The second-order valence-electron chi connectivity index (χ2n) is 52.5. The van der Waals surface area contributed by atoms with Crippen molar-refractivity contribution in [1.29, 1.82) is 0 Å². The number of amides is 5. The number of carbonyl (C=O) groups is 5. The van der Waals surface area contributed by atoms with Gasteiger partial charge in [0.05, 0.1) is 62.1 Å². The molecular weight excluding hydrogens is 1810 g/mol. The van der Waals surface area contributed by atoms with Crippen molar-refractivity contribution in [2.24, 2.45) is 93.3 Å². The first-order valence-corrected chi connectivity index (χ1v) is 57.5. The molecule has 25 aliphatic rings. The zero-order valence-corrected chi connectivity index (χ0v) is 89.1. The van der Waals surface area contributed by atoms with E-state index in [0.717, 1.165) is 267 Å². The molecular formula is C118H173N19O8. The number of ether oxygens (including phenoxy) is 3. The Labute approximate surface area is 864 Å². The molecule has 145 heavy (non-hydrogen) atoms. The molecule has 27 nitrogen and oxygen atoms in total. The molecule has 12 unspecified atom stereocenters. The highest BCUT2D eigenvalue weighted by molar-refractivity contribution is 5.79. The number of pyridine rings is 1. The van der Waals surface area contributed by atoms with E-state index >= 15 is 0 Å². The number of hydrogen-bond acceptors (Lipinski definition) is 19. The Morgan fingerprint density at radius 1 is 0.400 bits per heavy atom. The first kappa shape index (κ1) is 102. The molecule has 9 heterocycles. The lowest BCUT2D eigenvalue weighted by Gasteiger charge is -2.62. The van der Waals surface area contributed by atoms with Crippen LogP contribution in [0.3, 0.4) is 0 Å². The van der Waals surface area contributed by atoms with Crippen LogP contribution in [0.25, 0.3) is 0 Å². The Morgan fingerprint density at radius 2 is 0.800 bits per heavy atom. The van der Waals surface area contributed by atoms with E-state index in [1.165, 1.54) is 202 Å². The number of benzene rings is 2. The standard InChI is InChI=1S/C25H40N4O2.C24H32N6O.C24H34N2O2.C23H32N2O.C22H35N5O2/c1-17(29-5-7-31-8-6-29)15-26-22(30)14-24-10-20-9-21(11-24)13-25(12-20,16-24)23-18(2)27-28(4)19(23)3;31-22(29-7-5-28(6-8-29)15-21-3-1-2-4-26-21)14-23-10-19-9-20(11-23)13-24(12-19,16-23)30-18-25-17-27-30;27-22(25-6-7-26-8-10-28-11-9-26)17-23-13-19-12-20(14-23)16-24(15-19,18-23)21-4-2-1-3-5-21;1-24-7-9-25(10-8-24)21(26)16-22-12-18-11-19(13-22)15-23(14-18,17-22)20-5-3-2-4-6-20;1-16(26-3-5-29-6-4-26)13-23-20(28)12-21-8-18-7-19(9-21)11-22(10-18,14-21)27-15-24-17(2)25-27/h17,20-21H,5-16H2,1-4H3,(H,26,30);1-4,17-20H,5-16H2;1-5,19-20H,6-18H2,(H,25,27);2-6,18-19H,7-17H2,1H3;15-16,18-19H,3-14H2,1-2H3,(H,23,28). The summed E-state index contributed by atoms with van der Waals surface area (Å²) in [4.78, 5) is 94.8. The third kappa shape index (κ3) is 22.1. The molecule has 27 heteroatoms. The maximum Gasteiger partial charge on any atom is 0.223 e. The van der Waals surface area contributed by atoms with E-state index in [1.54, 1.807) is 11.9 Å². The number of morpholine rings is 3. The van der Waals surface area contributed by atoms with Crippen LogP contribution in [0.1, 0.15) is 278 Å². The van der Waals surface area contributed by atoms with Gasteiger partial charge < -0.3 is 44.9 Å². The lowest BCUT2D eigenvalue weighted by Crippen LogP contribution is -2.58. The number of hydrogen-bond donors (Lipinski definition) is 3. The molecule has 5 saturated heterocycles. The number of rotatable bonds is 26. The third-order valence-electron chi connectivity index (χ3n) is 41.4. The fourth-order valence-corrected chi connectivity index (χ4v) is 37.9. The van der Waals surface area contributed by atoms with Crippen molar-refractivity contribution < 1.29 is 38.2 Å². The fraction of sp³-hybridized carbons (Fsp3) is 0.754. The molecule has 3 N–H and O–H groups in total. The maximum absolute atomic E-state index is 13.4. The zero-order valence-electron chi connectivity index (χ0n) is 89.1. The summed E-state index contributed by atoms with van der Waals surface area (Å²) in [6.07, 6.45) is 49.1. The molecule has 12 atom stereocenters. The monoisotopic (exact) mass is 1980 g/mol. The van der Waals surface area contributed by atoms with Gasteiger partial charge in [-0.25, -0.2) is 19.3 Å². The van der Waals surface area contributed by atoms with Crippen molar-refractivity contribution in [2.75, 3.05) is 164 Å². The maximum atomic E-state index is 13.4. The van der Waals surface area contributed by atoms with Gasteiger partial charge in [0.2, 0.25) is 29.5 Å². The molecule has 0 radical (unpaired) electrons. The van der Waals surface area contributed by atoms with E-state index in [1.807, 2.05) is 37.9 Å². The minimum absolute atomic E-state index is 0.0900. The van der Waals surface area contributed by atoms with Gasteiger partial charge in [-0.1, -0.05) is 66.7 Å². The smallest absolute Gasteiger partial charge is 0.223 e. The van der Waals surface area contributed by atoms with Crippen molar-refractivity contribution in [3.05, 3.63) is 144 Å². The Kier molecular flexibility index (Phi) is 29.5. The lowest BCUT2D eigenvalue weighted by molar-refractivity contribution is -0.147. The molecule has 20 bridgehead atoms. The topological polar surface area (TPSA) is 264 Å². The van der Waals surface area contributed by atoms with Crippen molar-refractivity contribution in [3.63, 3.8) is 0 Å². The number of aryl methyl sites for hydroxylation is 3. The summed E-state index contributed by atoms with van der Waals surface area (Å²) in [7, 11) is 4.23. The molecule has 6 aromatic rings. The lowest BCUT2D eigenvalue weighted by atomic mass is 9.42.